The Morgan fingerprint density at radius 1 is 0.586 bits per heavy atom. The van der Waals surface area contributed by atoms with E-state index in [0.717, 1.165) is 11.4 Å². The molecule has 0 heterocycles. The largest absolute Gasteiger partial charge is 0.364 e. The van der Waals surface area contributed by atoms with E-state index < -0.39 is 5.92 Å². The van der Waals surface area contributed by atoms with Gasteiger partial charge in [0.15, 0.2) is 0 Å². The molecule has 0 bridgehead atoms. The summed E-state index contributed by atoms with van der Waals surface area (Å²) in [4.78, 5) is 4.01. The van der Waals surface area contributed by atoms with Crippen LogP contribution in [0.1, 0.15) is 11.1 Å². The minimum absolute atomic E-state index is 0.0415. The summed E-state index contributed by atoms with van der Waals surface area (Å²) in [5, 5.41) is 0. The Bertz CT molecular complexity index is 733. The number of anilines is 2. The number of halogens is 2. The molecule has 0 spiro atoms. The predicted octanol–water partition coefficient (Wildman–Crippen LogP) is 6.18. The van der Waals surface area contributed by atoms with Gasteiger partial charge in [0.25, 0.3) is 5.92 Å². The molecule has 0 aliphatic carbocycles. The van der Waals surface area contributed by atoms with Crippen LogP contribution in [-0.4, -0.2) is 26.2 Å². The van der Waals surface area contributed by atoms with Crippen LogP contribution < -0.4 is 9.80 Å². The highest BCUT2D eigenvalue weighted by Crippen LogP contribution is 2.37. The van der Waals surface area contributed by atoms with Gasteiger partial charge in [0.2, 0.25) is 0 Å². The molecule has 29 heavy (non-hydrogen) atoms. The molecule has 0 aliphatic heterocycles. The highest BCUT2D eigenvalue weighted by atomic mass is 19.3. The van der Waals surface area contributed by atoms with E-state index in [4.69, 9.17) is 0 Å². The first-order valence-electron chi connectivity index (χ1n) is 9.50. The van der Waals surface area contributed by atoms with Gasteiger partial charge in [0.1, 0.15) is 0 Å². The monoisotopic (exact) mass is 394 g/mol. The second-order valence-corrected chi connectivity index (χ2v) is 6.63. The van der Waals surface area contributed by atoms with Crippen molar-refractivity contribution in [2.24, 2.45) is 0 Å². The van der Waals surface area contributed by atoms with E-state index >= 15 is 8.78 Å². The Hall–Kier alpha value is -3.14. The summed E-state index contributed by atoms with van der Waals surface area (Å²) in [6, 6.07) is 12.7. The van der Waals surface area contributed by atoms with Crippen molar-refractivity contribution in [3.8, 4) is 0 Å². The fourth-order valence-corrected chi connectivity index (χ4v) is 3.12. The smallest absolute Gasteiger partial charge is 0.298 e. The lowest BCUT2D eigenvalue weighted by molar-refractivity contribution is 0.0429. The van der Waals surface area contributed by atoms with Gasteiger partial charge < -0.3 is 9.80 Å². The lowest BCUT2D eigenvalue weighted by Gasteiger charge is -2.24. The second-order valence-electron chi connectivity index (χ2n) is 6.63. The van der Waals surface area contributed by atoms with Crippen molar-refractivity contribution in [3.05, 3.63) is 110 Å². The Morgan fingerprint density at radius 2 is 0.862 bits per heavy atom. The molecule has 0 unspecified atom stereocenters. The first-order valence-corrected chi connectivity index (χ1v) is 9.50. The molecule has 2 aromatic carbocycles. The number of hydrogen-bond acceptors (Lipinski definition) is 2. The van der Waals surface area contributed by atoms with Gasteiger partial charge in [0, 0.05) is 48.7 Å². The highest BCUT2D eigenvalue weighted by Gasteiger charge is 2.34. The Morgan fingerprint density at radius 3 is 1.10 bits per heavy atom. The number of alkyl halides is 2. The molecule has 0 radical (unpaired) electrons. The number of nitrogens with zero attached hydrogens (tertiary/aromatic N) is 2. The SMILES string of the molecule is C=CCN(CC=C)c1ccc(C(F)(F)c2ccc(N(CC=C)CC=C)cc2)cc1. The summed E-state index contributed by atoms with van der Waals surface area (Å²) < 4.78 is 30.1. The molecular formula is C25H28F2N2. The van der Waals surface area contributed by atoms with Gasteiger partial charge in [-0.2, -0.15) is 8.78 Å². The number of rotatable bonds is 12. The van der Waals surface area contributed by atoms with Crippen molar-refractivity contribution in [1.82, 2.24) is 0 Å². The lowest BCUT2D eigenvalue weighted by Crippen LogP contribution is -2.24. The van der Waals surface area contributed by atoms with Crippen LogP contribution in [0.15, 0.2) is 99.2 Å². The van der Waals surface area contributed by atoms with Gasteiger partial charge >= 0.3 is 0 Å². The molecule has 2 rings (SSSR count). The maximum atomic E-state index is 15.1. The van der Waals surface area contributed by atoms with Crippen molar-refractivity contribution < 1.29 is 8.78 Å². The van der Waals surface area contributed by atoms with Gasteiger partial charge in [-0.1, -0.05) is 48.6 Å². The van der Waals surface area contributed by atoms with Crippen LogP contribution in [0.3, 0.4) is 0 Å². The highest BCUT2D eigenvalue weighted by molar-refractivity contribution is 5.53. The fraction of sp³-hybridized carbons (Fsp3) is 0.200. The number of hydrogen-bond donors (Lipinski definition) is 0. The summed E-state index contributed by atoms with van der Waals surface area (Å²) in [6.45, 7) is 17.4. The Labute approximate surface area is 172 Å². The molecule has 2 nitrogen and oxygen atoms in total. The maximum absolute atomic E-state index is 15.1. The van der Waals surface area contributed by atoms with Crippen LogP contribution in [0.4, 0.5) is 20.2 Å². The average molecular weight is 395 g/mol. The van der Waals surface area contributed by atoms with Gasteiger partial charge in [0.05, 0.1) is 0 Å². The van der Waals surface area contributed by atoms with E-state index in [2.05, 4.69) is 26.3 Å². The molecular weight excluding hydrogens is 366 g/mol. The van der Waals surface area contributed by atoms with Crippen molar-refractivity contribution in [2.75, 3.05) is 36.0 Å². The Balaban J connectivity index is 2.25. The molecule has 0 amide bonds. The van der Waals surface area contributed by atoms with Crippen LogP contribution in [0.2, 0.25) is 0 Å². The number of benzene rings is 2. The molecule has 0 saturated heterocycles. The zero-order chi connectivity index (χ0) is 21.3. The van der Waals surface area contributed by atoms with Gasteiger partial charge in [-0.05, 0) is 24.3 Å². The standard InChI is InChI=1S/C25H28F2N2/c1-5-17-28(18-6-2)23-13-9-21(10-14-23)25(26,27)22-11-15-24(16-12-22)29(19-7-3)20-8-4/h5-16H,1-4,17-20H2. The molecule has 152 valence electrons. The molecule has 2 aromatic rings. The van der Waals surface area contributed by atoms with E-state index in [1.165, 1.54) is 24.3 Å². The molecule has 0 fully saturated rings. The van der Waals surface area contributed by atoms with Crippen LogP contribution >= 0.6 is 0 Å². The molecule has 0 saturated carbocycles. The first kappa shape index (κ1) is 22.2. The van der Waals surface area contributed by atoms with Crippen molar-refractivity contribution in [1.29, 1.82) is 0 Å². The normalized spacial score (nSPS) is 10.8. The third-order valence-corrected chi connectivity index (χ3v) is 4.59. The van der Waals surface area contributed by atoms with E-state index in [0.29, 0.717) is 26.2 Å². The summed E-state index contributed by atoms with van der Waals surface area (Å²) in [7, 11) is 0. The molecule has 0 aromatic heterocycles. The van der Waals surface area contributed by atoms with Crippen LogP contribution in [0, 0.1) is 0 Å². The van der Waals surface area contributed by atoms with E-state index in [-0.39, 0.29) is 11.1 Å². The van der Waals surface area contributed by atoms with Gasteiger partial charge in [-0.25, -0.2) is 0 Å². The maximum Gasteiger partial charge on any atom is 0.298 e. The second kappa shape index (κ2) is 10.4. The molecule has 0 N–H and O–H groups in total. The van der Waals surface area contributed by atoms with Crippen LogP contribution in [0.25, 0.3) is 0 Å². The summed E-state index contributed by atoms with van der Waals surface area (Å²) in [5.41, 5.74) is 1.62. The quantitative estimate of drug-likeness (QED) is 0.396. The van der Waals surface area contributed by atoms with E-state index in [1.54, 1.807) is 48.6 Å². The topological polar surface area (TPSA) is 6.48 Å². The summed E-state index contributed by atoms with van der Waals surface area (Å²) >= 11 is 0. The zero-order valence-corrected chi connectivity index (χ0v) is 16.7. The third-order valence-electron chi connectivity index (χ3n) is 4.59. The lowest BCUT2D eigenvalue weighted by atomic mass is 9.99. The predicted molar refractivity (Wildman–Crippen MR) is 121 cm³/mol. The van der Waals surface area contributed by atoms with Gasteiger partial charge in [-0.3, -0.25) is 0 Å². The molecule has 0 atom stereocenters. The van der Waals surface area contributed by atoms with Crippen molar-refractivity contribution in [3.63, 3.8) is 0 Å². The first-order chi connectivity index (χ1) is 14.0. The minimum Gasteiger partial charge on any atom is -0.364 e. The van der Waals surface area contributed by atoms with E-state index in [9.17, 15) is 0 Å². The summed E-state index contributed by atoms with van der Waals surface area (Å²) in [5.74, 6) is -3.08. The third kappa shape index (κ3) is 5.44. The average Bonchev–Trinajstić information content (AvgIpc) is 2.74. The Kier molecular flexibility index (Phi) is 7.96. The minimum atomic E-state index is -3.08. The van der Waals surface area contributed by atoms with Crippen molar-refractivity contribution >= 4 is 11.4 Å². The van der Waals surface area contributed by atoms with Crippen LogP contribution in [0.5, 0.6) is 0 Å². The van der Waals surface area contributed by atoms with Gasteiger partial charge in [-0.15, -0.1) is 26.3 Å². The van der Waals surface area contributed by atoms with Crippen LogP contribution in [-0.2, 0) is 5.92 Å². The summed E-state index contributed by atoms with van der Waals surface area (Å²) in [6.07, 6.45) is 7.09. The fourth-order valence-electron chi connectivity index (χ4n) is 3.12. The molecule has 4 heteroatoms. The zero-order valence-electron chi connectivity index (χ0n) is 16.7. The van der Waals surface area contributed by atoms with E-state index in [1.807, 2.05) is 9.80 Å². The van der Waals surface area contributed by atoms with Crippen molar-refractivity contribution in [2.45, 2.75) is 5.92 Å². The molecule has 0 aliphatic rings.